The molecule has 1 fully saturated rings. The smallest absolute Gasteiger partial charge is 0.253 e. The van der Waals surface area contributed by atoms with E-state index in [-0.39, 0.29) is 5.91 Å². The SMILES string of the molecule is O=C1NCCc2[nH]c(-c3ccnc(N4CCOCC4)c3)cc21. The summed E-state index contributed by atoms with van der Waals surface area (Å²) in [5, 5.41) is 2.87. The quantitative estimate of drug-likeness (QED) is 0.874. The number of rotatable bonds is 2. The summed E-state index contributed by atoms with van der Waals surface area (Å²) in [7, 11) is 0. The molecule has 2 aromatic rings. The molecule has 4 heterocycles. The summed E-state index contributed by atoms with van der Waals surface area (Å²) in [6, 6.07) is 5.97. The summed E-state index contributed by atoms with van der Waals surface area (Å²) < 4.78 is 5.38. The van der Waals surface area contributed by atoms with E-state index in [0.29, 0.717) is 6.54 Å². The first kappa shape index (κ1) is 13.3. The summed E-state index contributed by atoms with van der Waals surface area (Å²) in [6.07, 6.45) is 2.67. The van der Waals surface area contributed by atoms with Crippen LogP contribution in [-0.4, -0.2) is 48.7 Å². The molecule has 6 heteroatoms. The first-order valence-corrected chi connectivity index (χ1v) is 7.60. The van der Waals surface area contributed by atoms with Crippen molar-refractivity contribution in [1.82, 2.24) is 15.3 Å². The Hall–Kier alpha value is -2.34. The van der Waals surface area contributed by atoms with Crippen molar-refractivity contribution < 1.29 is 9.53 Å². The number of nitrogens with one attached hydrogen (secondary N) is 2. The number of hydrogen-bond acceptors (Lipinski definition) is 4. The molecule has 1 saturated heterocycles. The minimum absolute atomic E-state index is 0.00575. The number of aromatic amines is 1. The second-order valence-electron chi connectivity index (χ2n) is 5.58. The fourth-order valence-electron chi connectivity index (χ4n) is 3.00. The Morgan fingerprint density at radius 2 is 2.09 bits per heavy atom. The third kappa shape index (κ3) is 2.35. The molecule has 2 N–H and O–H groups in total. The zero-order valence-corrected chi connectivity index (χ0v) is 12.3. The number of carbonyl (C=O) groups excluding carboxylic acids is 1. The first-order chi connectivity index (χ1) is 10.8. The molecular weight excluding hydrogens is 280 g/mol. The van der Waals surface area contributed by atoms with Crippen molar-refractivity contribution in [2.75, 3.05) is 37.7 Å². The number of morpholine rings is 1. The van der Waals surface area contributed by atoms with E-state index < -0.39 is 0 Å². The molecule has 4 rings (SSSR count). The first-order valence-electron chi connectivity index (χ1n) is 7.60. The van der Waals surface area contributed by atoms with Crippen LogP contribution in [0.5, 0.6) is 0 Å². The molecule has 1 amide bonds. The van der Waals surface area contributed by atoms with Gasteiger partial charge in [-0.15, -0.1) is 0 Å². The van der Waals surface area contributed by atoms with Gasteiger partial charge in [0.1, 0.15) is 5.82 Å². The van der Waals surface area contributed by atoms with Gasteiger partial charge in [0, 0.05) is 49.2 Å². The highest BCUT2D eigenvalue weighted by molar-refractivity contribution is 5.97. The van der Waals surface area contributed by atoms with Crippen molar-refractivity contribution in [3.05, 3.63) is 35.7 Å². The van der Waals surface area contributed by atoms with Gasteiger partial charge in [-0.25, -0.2) is 4.98 Å². The second-order valence-corrected chi connectivity index (χ2v) is 5.58. The molecule has 0 aliphatic carbocycles. The number of ether oxygens (including phenoxy) is 1. The zero-order valence-electron chi connectivity index (χ0n) is 12.3. The highest BCUT2D eigenvalue weighted by atomic mass is 16.5. The third-order valence-electron chi connectivity index (χ3n) is 4.20. The molecule has 6 nitrogen and oxygen atoms in total. The summed E-state index contributed by atoms with van der Waals surface area (Å²) >= 11 is 0. The molecule has 2 aliphatic heterocycles. The average molecular weight is 298 g/mol. The largest absolute Gasteiger partial charge is 0.378 e. The van der Waals surface area contributed by atoms with Gasteiger partial charge in [-0.05, 0) is 18.2 Å². The van der Waals surface area contributed by atoms with Gasteiger partial charge in [-0.1, -0.05) is 0 Å². The molecule has 0 spiro atoms. The number of pyridine rings is 1. The molecule has 0 saturated carbocycles. The van der Waals surface area contributed by atoms with Crippen LogP contribution >= 0.6 is 0 Å². The number of aromatic nitrogens is 2. The van der Waals surface area contributed by atoms with Gasteiger partial charge >= 0.3 is 0 Å². The van der Waals surface area contributed by atoms with E-state index in [1.165, 1.54) is 0 Å². The number of H-pyrrole nitrogens is 1. The van der Waals surface area contributed by atoms with Crippen LogP contribution in [0, 0.1) is 0 Å². The van der Waals surface area contributed by atoms with Crippen LogP contribution in [0.2, 0.25) is 0 Å². The standard InChI is InChI=1S/C16H18N4O2/c21-16-12-10-14(19-13(12)2-4-18-16)11-1-3-17-15(9-11)20-5-7-22-8-6-20/h1,3,9-10,19H,2,4-8H2,(H,18,21). The van der Waals surface area contributed by atoms with Gasteiger partial charge < -0.3 is 19.9 Å². The zero-order chi connectivity index (χ0) is 14.9. The lowest BCUT2D eigenvalue weighted by Crippen LogP contribution is -2.36. The molecule has 2 aromatic heterocycles. The minimum Gasteiger partial charge on any atom is -0.378 e. The van der Waals surface area contributed by atoms with Crippen molar-refractivity contribution >= 4 is 11.7 Å². The van der Waals surface area contributed by atoms with E-state index in [0.717, 1.165) is 61.1 Å². The van der Waals surface area contributed by atoms with Crippen molar-refractivity contribution in [3.63, 3.8) is 0 Å². The third-order valence-corrected chi connectivity index (χ3v) is 4.20. The van der Waals surface area contributed by atoms with Crippen LogP contribution < -0.4 is 10.2 Å². The Morgan fingerprint density at radius 3 is 2.91 bits per heavy atom. The molecule has 0 aromatic carbocycles. The maximum atomic E-state index is 11.9. The van der Waals surface area contributed by atoms with Crippen LogP contribution in [0.1, 0.15) is 16.1 Å². The number of carbonyl (C=O) groups is 1. The maximum Gasteiger partial charge on any atom is 0.253 e. The van der Waals surface area contributed by atoms with E-state index in [1.54, 1.807) is 0 Å². The van der Waals surface area contributed by atoms with Crippen LogP contribution in [0.25, 0.3) is 11.3 Å². The normalized spacial score (nSPS) is 18.0. The van der Waals surface area contributed by atoms with Gasteiger partial charge in [0.25, 0.3) is 5.91 Å². The number of fused-ring (bicyclic) bond motifs is 1. The maximum absolute atomic E-state index is 11.9. The van der Waals surface area contributed by atoms with Crippen LogP contribution in [0.4, 0.5) is 5.82 Å². The Labute approximate surface area is 128 Å². The fraction of sp³-hybridized carbons (Fsp3) is 0.375. The number of hydrogen-bond donors (Lipinski definition) is 2. The Bertz CT molecular complexity index is 704. The van der Waals surface area contributed by atoms with E-state index in [1.807, 2.05) is 18.3 Å². The topological polar surface area (TPSA) is 70.2 Å². The molecule has 0 atom stereocenters. The average Bonchev–Trinajstić information content (AvgIpc) is 3.02. The minimum atomic E-state index is 0.00575. The highest BCUT2D eigenvalue weighted by Gasteiger charge is 2.20. The van der Waals surface area contributed by atoms with Gasteiger partial charge in [0.15, 0.2) is 0 Å². The van der Waals surface area contributed by atoms with Crippen molar-refractivity contribution in [2.24, 2.45) is 0 Å². The lowest BCUT2D eigenvalue weighted by Gasteiger charge is -2.27. The van der Waals surface area contributed by atoms with Crippen LogP contribution in [0.15, 0.2) is 24.4 Å². The molecule has 0 unspecified atom stereocenters. The van der Waals surface area contributed by atoms with Gasteiger partial charge in [-0.3, -0.25) is 4.79 Å². The van der Waals surface area contributed by atoms with E-state index >= 15 is 0 Å². The molecule has 2 aliphatic rings. The molecule has 22 heavy (non-hydrogen) atoms. The van der Waals surface area contributed by atoms with E-state index in [4.69, 9.17) is 4.74 Å². The van der Waals surface area contributed by atoms with Gasteiger partial charge in [-0.2, -0.15) is 0 Å². The van der Waals surface area contributed by atoms with Gasteiger partial charge in [0.2, 0.25) is 0 Å². The summed E-state index contributed by atoms with van der Waals surface area (Å²) in [6.45, 7) is 3.90. The van der Waals surface area contributed by atoms with Crippen LogP contribution in [-0.2, 0) is 11.2 Å². The predicted octanol–water partition coefficient (Wildman–Crippen LogP) is 1.20. The molecule has 0 radical (unpaired) electrons. The predicted molar refractivity (Wildman–Crippen MR) is 83.1 cm³/mol. The van der Waals surface area contributed by atoms with Gasteiger partial charge in [0.05, 0.1) is 18.8 Å². The lowest BCUT2D eigenvalue weighted by atomic mass is 10.1. The van der Waals surface area contributed by atoms with E-state index in [2.05, 4.69) is 26.3 Å². The van der Waals surface area contributed by atoms with Crippen LogP contribution in [0.3, 0.4) is 0 Å². The van der Waals surface area contributed by atoms with Crippen molar-refractivity contribution in [1.29, 1.82) is 0 Å². The lowest BCUT2D eigenvalue weighted by molar-refractivity contribution is 0.0946. The fourth-order valence-corrected chi connectivity index (χ4v) is 3.00. The second kappa shape index (κ2) is 5.46. The number of nitrogens with zero attached hydrogens (tertiary/aromatic N) is 2. The Balaban J connectivity index is 1.66. The highest BCUT2D eigenvalue weighted by Crippen LogP contribution is 2.26. The van der Waals surface area contributed by atoms with Crippen molar-refractivity contribution in [2.45, 2.75) is 6.42 Å². The monoisotopic (exact) mass is 298 g/mol. The summed E-state index contributed by atoms with van der Waals surface area (Å²) in [5.41, 5.74) is 3.80. The molecular formula is C16H18N4O2. The summed E-state index contributed by atoms with van der Waals surface area (Å²) in [4.78, 5) is 21.9. The number of amides is 1. The Morgan fingerprint density at radius 1 is 1.23 bits per heavy atom. The number of anilines is 1. The Kier molecular flexibility index (Phi) is 3.31. The molecule has 114 valence electrons. The van der Waals surface area contributed by atoms with Crippen molar-refractivity contribution in [3.8, 4) is 11.3 Å². The molecule has 0 bridgehead atoms. The summed E-state index contributed by atoms with van der Waals surface area (Å²) in [5.74, 6) is 0.962. The van der Waals surface area contributed by atoms with E-state index in [9.17, 15) is 4.79 Å².